The van der Waals surface area contributed by atoms with Crippen LogP contribution in [-0.4, -0.2) is 6.54 Å². The van der Waals surface area contributed by atoms with E-state index in [0.717, 1.165) is 22.1 Å². The molecule has 14 heavy (non-hydrogen) atoms. The Morgan fingerprint density at radius 1 is 1.36 bits per heavy atom. The second kappa shape index (κ2) is 4.57. The van der Waals surface area contributed by atoms with Crippen LogP contribution >= 0.6 is 22.6 Å². The highest BCUT2D eigenvalue weighted by Crippen LogP contribution is 2.27. The number of hydrogen-bond acceptors (Lipinski definition) is 1. The van der Waals surface area contributed by atoms with Crippen LogP contribution in [0.3, 0.4) is 0 Å². The molecule has 3 heteroatoms. The predicted octanol–water partition coefficient (Wildman–Crippen LogP) is 3.24. The summed E-state index contributed by atoms with van der Waals surface area (Å²) < 4.78 is 14.2. The third kappa shape index (κ3) is 2.25. The average Bonchev–Trinajstić information content (AvgIpc) is 2.23. The highest BCUT2D eigenvalue weighted by atomic mass is 127. The fourth-order valence-corrected chi connectivity index (χ4v) is 2.61. The molecule has 1 atom stereocenters. The van der Waals surface area contributed by atoms with Crippen molar-refractivity contribution in [1.82, 2.24) is 5.32 Å². The van der Waals surface area contributed by atoms with Crippen LogP contribution in [0.5, 0.6) is 0 Å². The molecule has 0 aliphatic carbocycles. The van der Waals surface area contributed by atoms with Crippen molar-refractivity contribution >= 4 is 22.6 Å². The summed E-state index contributed by atoms with van der Waals surface area (Å²) in [5, 5.41) is 3.43. The molecule has 1 aromatic rings. The van der Waals surface area contributed by atoms with Crippen LogP contribution in [0.25, 0.3) is 0 Å². The fraction of sp³-hybridized carbons (Fsp3) is 0.455. The summed E-state index contributed by atoms with van der Waals surface area (Å²) in [4.78, 5) is 0. The van der Waals surface area contributed by atoms with E-state index in [1.165, 1.54) is 18.9 Å². The summed E-state index contributed by atoms with van der Waals surface area (Å²) in [6.45, 7) is 1.05. The highest BCUT2D eigenvalue weighted by molar-refractivity contribution is 14.1. The molecular weight excluding hydrogens is 292 g/mol. The highest BCUT2D eigenvalue weighted by Gasteiger charge is 2.17. The topological polar surface area (TPSA) is 12.0 Å². The summed E-state index contributed by atoms with van der Waals surface area (Å²) in [6, 6.07) is 5.38. The molecule has 1 aromatic carbocycles. The Balaban J connectivity index is 2.24. The first-order valence-electron chi connectivity index (χ1n) is 4.96. The summed E-state index contributed by atoms with van der Waals surface area (Å²) in [7, 11) is 0. The number of halogens is 2. The van der Waals surface area contributed by atoms with Gasteiger partial charge in [0.15, 0.2) is 0 Å². The maximum atomic E-state index is 13.1. The average molecular weight is 305 g/mol. The molecule has 1 fully saturated rings. The predicted molar refractivity (Wildman–Crippen MR) is 63.7 cm³/mol. The first-order valence-corrected chi connectivity index (χ1v) is 6.03. The van der Waals surface area contributed by atoms with Crippen LogP contribution < -0.4 is 5.32 Å². The molecule has 0 unspecified atom stereocenters. The van der Waals surface area contributed by atoms with Crippen LogP contribution in [-0.2, 0) is 0 Å². The van der Waals surface area contributed by atoms with Crippen molar-refractivity contribution in [3.05, 3.63) is 33.1 Å². The lowest BCUT2D eigenvalue weighted by atomic mass is 9.98. The van der Waals surface area contributed by atoms with Crippen LogP contribution in [0.15, 0.2) is 18.2 Å². The largest absolute Gasteiger partial charge is 0.310 e. The monoisotopic (exact) mass is 305 g/mol. The van der Waals surface area contributed by atoms with E-state index < -0.39 is 0 Å². The van der Waals surface area contributed by atoms with Gasteiger partial charge in [-0.15, -0.1) is 0 Å². The van der Waals surface area contributed by atoms with E-state index in [2.05, 4.69) is 27.9 Å². The van der Waals surface area contributed by atoms with E-state index in [1.54, 1.807) is 6.07 Å². The molecule has 1 aliphatic heterocycles. The van der Waals surface area contributed by atoms with Crippen molar-refractivity contribution < 1.29 is 4.39 Å². The SMILES string of the molecule is Fc1ccc(I)c([C@@H]2CCCCN2)c1. The van der Waals surface area contributed by atoms with E-state index in [1.807, 2.05) is 6.07 Å². The van der Waals surface area contributed by atoms with Crippen LogP contribution in [0.1, 0.15) is 30.9 Å². The minimum Gasteiger partial charge on any atom is -0.310 e. The molecule has 1 saturated heterocycles. The molecule has 0 bridgehead atoms. The third-order valence-corrected chi connectivity index (χ3v) is 3.63. The Labute approximate surface area is 97.2 Å². The maximum absolute atomic E-state index is 13.1. The standard InChI is InChI=1S/C11H13FIN/c12-8-4-5-10(13)9(7-8)11-3-1-2-6-14-11/h4-5,7,11,14H,1-3,6H2/t11-/m0/s1. The second-order valence-corrected chi connectivity index (χ2v) is 4.83. The first-order chi connectivity index (χ1) is 6.77. The molecule has 76 valence electrons. The van der Waals surface area contributed by atoms with Gasteiger partial charge in [0.25, 0.3) is 0 Å². The van der Waals surface area contributed by atoms with Gasteiger partial charge in [0.1, 0.15) is 5.82 Å². The van der Waals surface area contributed by atoms with Crippen LogP contribution in [0.2, 0.25) is 0 Å². The van der Waals surface area contributed by atoms with Crippen LogP contribution in [0, 0.1) is 9.39 Å². The molecule has 2 rings (SSSR count). The Bertz CT molecular complexity index is 321. The minimum absolute atomic E-state index is 0.132. The molecule has 0 spiro atoms. The minimum atomic E-state index is -0.132. The molecule has 1 N–H and O–H groups in total. The zero-order valence-electron chi connectivity index (χ0n) is 7.89. The quantitative estimate of drug-likeness (QED) is 0.786. The number of hydrogen-bond donors (Lipinski definition) is 1. The second-order valence-electron chi connectivity index (χ2n) is 3.67. The lowest BCUT2D eigenvalue weighted by Gasteiger charge is -2.24. The van der Waals surface area contributed by atoms with E-state index in [0.29, 0.717) is 6.04 Å². The first kappa shape index (κ1) is 10.4. The van der Waals surface area contributed by atoms with Gasteiger partial charge in [-0.3, -0.25) is 0 Å². The van der Waals surface area contributed by atoms with Gasteiger partial charge in [0, 0.05) is 9.61 Å². The number of benzene rings is 1. The molecule has 0 radical (unpaired) electrons. The van der Waals surface area contributed by atoms with Gasteiger partial charge < -0.3 is 5.32 Å². The van der Waals surface area contributed by atoms with Crippen molar-refractivity contribution in [2.24, 2.45) is 0 Å². The van der Waals surface area contributed by atoms with Crippen molar-refractivity contribution in [2.75, 3.05) is 6.54 Å². The van der Waals surface area contributed by atoms with E-state index in [9.17, 15) is 4.39 Å². The Hall–Kier alpha value is -0.160. The van der Waals surface area contributed by atoms with Gasteiger partial charge in [0.2, 0.25) is 0 Å². The summed E-state index contributed by atoms with van der Waals surface area (Å²) in [5.41, 5.74) is 1.12. The molecule has 0 saturated carbocycles. The van der Waals surface area contributed by atoms with Crippen LogP contribution in [0.4, 0.5) is 4.39 Å². The maximum Gasteiger partial charge on any atom is 0.123 e. The zero-order valence-corrected chi connectivity index (χ0v) is 10.1. The van der Waals surface area contributed by atoms with Crippen molar-refractivity contribution in [3.8, 4) is 0 Å². The summed E-state index contributed by atoms with van der Waals surface area (Å²) in [6.07, 6.45) is 3.60. The lowest BCUT2D eigenvalue weighted by molar-refractivity contribution is 0.409. The number of rotatable bonds is 1. The van der Waals surface area contributed by atoms with Crippen molar-refractivity contribution in [2.45, 2.75) is 25.3 Å². The molecule has 1 nitrogen and oxygen atoms in total. The van der Waals surface area contributed by atoms with Gasteiger partial charge in [-0.05, 0) is 65.7 Å². The zero-order chi connectivity index (χ0) is 9.97. The molecular formula is C11H13FIN. The Morgan fingerprint density at radius 3 is 2.93 bits per heavy atom. The van der Waals surface area contributed by atoms with Crippen molar-refractivity contribution in [1.29, 1.82) is 0 Å². The van der Waals surface area contributed by atoms with Gasteiger partial charge >= 0.3 is 0 Å². The van der Waals surface area contributed by atoms with Gasteiger partial charge in [-0.2, -0.15) is 0 Å². The third-order valence-electron chi connectivity index (χ3n) is 2.64. The molecule has 0 aromatic heterocycles. The van der Waals surface area contributed by atoms with E-state index in [4.69, 9.17) is 0 Å². The smallest absolute Gasteiger partial charge is 0.123 e. The summed E-state index contributed by atoms with van der Waals surface area (Å²) >= 11 is 2.27. The number of piperidine rings is 1. The van der Waals surface area contributed by atoms with Gasteiger partial charge in [-0.25, -0.2) is 4.39 Å². The fourth-order valence-electron chi connectivity index (χ4n) is 1.90. The lowest BCUT2D eigenvalue weighted by Crippen LogP contribution is -2.27. The molecule has 0 amide bonds. The van der Waals surface area contributed by atoms with Gasteiger partial charge in [-0.1, -0.05) is 6.42 Å². The van der Waals surface area contributed by atoms with E-state index >= 15 is 0 Å². The Kier molecular flexibility index (Phi) is 3.38. The summed E-state index contributed by atoms with van der Waals surface area (Å²) in [5.74, 6) is -0.132. The normalized spacial score (nSPS) is 22.3. The Morgan fingerprint density at radius 2 is 2.21 bits per heavy atom. The molecule has 1 aliphatic rings. The van der Waals surface area contributed by atoms with Crippen molar-refractivity contribution in [3.63, 3.8) is 0 Å². The number of nitrogens with one attached hydrogen (secondary N) is 1. The van der Waals surface area contributed by atoms with E-state index in [-0.39, 0.29) is 5.82 Å². The van der Waals surface area contributed by atoms with Gasteiger partial charge in [0.05, 0.1) is 0 Å². The molecule has 1 heterocycles.